The summed E-state index contributed by atoms with van der Waals surface area (Å²) in [5.41, 5.74) is 7.05. The molecule has 1 aliphatic rings. The van der Waals surface area contributed by atoms with Crippen molar-refractivity contribution in [3.8, 4) is 0 Å². The summed E-state index contributed by atoms with van der Waals surface area (Å²) in [5, 5.41) is 17.5. The molecule has 16 heavy (non-hydrogen) atoms. The number of nitrogen functional groups attached to an aromatic ring is 1. The maximum Gasteiger partial charge on any atom is 0.147 e. The molecule has 0 unspecified atom stereocenters. The number of aryl methyl sites for hydroxylation is 2. The van der Waals surface area contributed by atoms with Crippen molar-refractivity contribution >= 4 is 11.5 Å². The SMILES string of the molecule is CCc1nn(C)c(NCC2(O)CCC2)c1N. The zero-order chi connectivity index (χ0) is 11.8. The molecule has 1 aromatic heterocycles. The van der Waals surface area contributed by atoms with Crippen molar-refractivity contribution in [1.29, 1.82) is 0 Å². The first-order valence-corrected chi connectivity index (χ1v) is 5.83. The molecule has 0 amide bonds. The summed E-state index contributed by atoms with van der Waals surface area (Å²) in [6.07, 6.45) is 3.68. The maximum atomic E-state index is 9.98. The molecule has 0 saturated heterocycles. The minimum atomic E-state index is -0.539. The van der Waals surface area contributed by atoms with E-state index in [1.807, 2.05) is 14.0 Å². The number of anilines is 2. The predicted octanol–water partition coefficient (Wildman–Crippen LogP) is 0.892. The fraction of sp³-hybridized carbons (Fsp3) is 0.727. The van der Waals surface area contributed by atoms with Crippen LogP contribution in [-0.4, -0.2) is 27.0 Å². The van der Waals surface area contributed by atoms with Crippen molar-refractivity contribution < 1.29 is 5.11 Å². The number of nitrogens with zero attached hydrogens (tertiary/aromatic N) is 2. The Kier molecular flexibility index (Phi) is 2.80. The molecule has 90 valence electrons. The first kappa shape index (κ1) is 11.3. The second-order valence-electron chi connectivity index (χ2n) is 4.62. The van der Waals surface area contributed by atoms with Gasteiger partial charge in [-0.15, -0.1) is 0 Å². The summed E-state index contributed by atoms with van der Waals surface area (Å²) in [6, 6.07) is 0. The van der Waals surface area contributed by atoms with E-state index in [1.165, 1.54) is 0 Å². The van der Waals surface area contributed by atoms with Gasteiger partial charge in [0.1, 0.15) is 5.82 Å². The molecular formula is C11H20N4O. The van der Waals surface area contributed by atoms with E-state index in [9.17, 15) is 5.11 Å². The minimum absolute atomic E-state index is 0.539. The van der Waals surface area contributed by atoms with Gasteiger partial charge in [-0.3, -0.25) is 4.68 Å². The average molecular weight is 224 g/mol. The first-order chi connectivity index (χ1) is 7.56. The van der Waals surface area contributed by atoms with Crippen molar-refractivity contribution in [3.63, 3.8) is 0 Å². The van der Waals surface area contributed by atoms with E-state index in [4.69, 9.17) is 5.73 Å². The van der Waals surface area contributed by atoms with Crippen molar-refractivity contribution in [2.75, 3.05) is 17.6 Å². The molecule has 0 bridgehead atoms. The van der Waals surface area contributed by atoms with E-state index in [0.29, 0.717) is 12.2 Å². The third kappa shape index (κ3) is 1.87. The Hall–Kier alpha value is -1.23. The van der Waals surface area contributed by atoms with E-state index >= 15 is 0 Å². The van der Waals surface area contributed by atoms with Crippen LogP contribution in [0.15, 0.2) is 0 Å². The van der Waals surface area contributed by atoms with Gasteiger partial charge < -0.3 is 16.2 Å². The molecule has 0 aromatic carbocycles. The lowest BCUT2D eigenvalue weighted by molar-refractivity contribution is -0.0202. The Labute approximate surface area is 95.6 Å². The fourth-order valence-electron chi connectivity index (χ4n) is 2.08. The van der Waals surface area contributed by atoms with Crippen LogP contribution in [0, 0.1) is 0 Å². The van der Waals surface area contributed by atoms with Crippen LogP contribution in [0.4, 0.5) is 11.5 Å². The Bertz CT molecular complexity index is 382. The number of rotatable bonds is 4. The second-order valence-corrected chi connectivity index (χ2v) is 4.62. The molecule has 1 heterocycles. The van der Waals surface area contributed by atoms with Gasteiger partial charge >= 0.3 is 0 Å². The summed E-state index contributed by atoms with van der Waals surface area (Å²) in [5.74, 6) is 0.817. The van der Waals surface area contributed by atoms with Crippen LogP contribution in [0.3, 0.4) is 0 Å². The van der Waals surface area contributed by atoms with Crippen molar-refractivity contribution in [3.05, 3.63) is 5.69 Å². The number of hydrogen-bond acceptors (Lipinski definition) is 4. The Morgan fingerprint density at radius 1 is 1.56 bits per heavy atom. The third-order valence-electron chi connectivity index (χ3n) is 3.36. The van der Waals surface area contributed by atoms with Crippen molar-refractivity contribution in [2.45, 2.75) is 38.2 Å². The molecule has 5 nitrogen and oxygen atoms in total. The van der Waals surface area contributed by atoms with E-state index in [-0.39, 0.29) is 0 Å². The standard InChI is InChI=1S/C11H20N4O/c1-3-8-9(12)10(15(2)14-8)13-7-11(16)5-4-6-11/h13,16H,3-7,12H2,1-2H3. The van der Waals surface area contributed by atoms with E-state index in [1.54, 1.807) is 4.68 Å². The lowest BCUT2D eigenvalue weighted by atomic mass is 9.80. The average Bonchev–Trinajstić information content (AvgIpc) is 2.49. The highest BCUT2D eigenvalue weighted by Gasteiger charge is 2.34. The Morgan fingerprint density at radius 3 is 2.69 bits per heavy atom. The number of aliphatic hydroxyl groups is 1. The maximum absolute atomic E-state index is 9.98. The van der Waals surface area contributed by atoms with Crippen LogP contribution in [0.25, 0.3) is 0 Å². The summed E-state index contributed by atoms with van der Waals surface area (Å²) in [4.78, 5) is 0. The zero-order valence-electron chi connectivity index (χ0n) is 9.95. The van der Waals surface area contributed by atoms with Gasteiger partial charge in [-0.1, -0.05) is 6.92 Å². The number of hydrogen-bond donors (Lipinski definition) is 3. The van der Waals surface area contributed by atoms with Crippen LogP contribution in [0.1, 0.15) is 31.9 Å². The highest BCUT2D eigenvalue weighted by molar-refractivity contribution is 5.65. The minimum Gasteiger partial charge on any atom is -0.394 e. The van der Waals surface area contributed by atoms with E-state index < -0.39 is 5.60 Å². The van der Waals surface area contributed by atoms with Gasteiger partial charge in [0.15, 0.2) is 0 Å². The molecule has 0 aliphatic heterocycles. The second kappa shape index (κ2) is 3.97. The number of nitrogens with two attached hydrogens (primary N) is 1. The predicted molar refractivity (Wildman–Crippen MR) is 64.3 cm³/mol. The highest BCUT2D eigenvalue weighted by Crippen LogP contribution is 2.32. The summed E-state index contributed by atoms with van der Waals surface area (Å²) in [7, 11) is 1.86. The molecule has 0 spiro atoms. The largest absolute Gasteiger partial charge is 0.394 e. The third-order valence-corrected chi connectivity index (χ3v) is 3.36. The summed E-state index contributed by atoms with van der Waals surface area (Å²) < 4.78 is 1.75. The van der Waals surface area contributed by atoms with Gasteiger partial charge in [0.2, 0.25) is 0 Å². The lowest BCUT2D eigenvalue weighted by Crippen LogP contribution is -2.43. The molecule has 1 fully saturated rings. The topological polar surface area (TPSA) is 76.1 Å². The zero-order valence-corrected chi connectivity index (χ0v) is 9.95. The van der Waals surface area contributed by atoms with Crippen molar-refractivity contribution in [2.24, 2.45) is 7.05 Å². The Morgan fingerprint density at radius 2 is 2.25 bits per heavy atom. The Balaban J connectivity index is 2.06. The molecule has 5 heteroatoms. The molecular weight excluding hydrogens is 204 g/mol. The van der Waals surface area contributed by atoms with E-state index in [2.05, 4.69) is 10.4 Å². The van der Waals surface area contributed by atoms with Crippen LogP contribution in [-0.2, 0) is 13.5 Å². The van der Waals surface area contributed by atoms with Gasteiger partial charge in [-0.2, -0.15) is 5.10 Å². The fourth-order valence-corrected chi connectivity index (χ4v) is 2.08. The quantitative estimate of drug-likeness (QED) is 0.710. The number of nitrogens with one attached hydrogen (secondary N) is 1. The van der Waals surface area contributed by atoms with Crippen molar-refractivity contribution in [1.82, 2.24) is 9.78 Å². The normalized spacial score (nSPS) is 18.2. The summed E-state index contributed by atoms with van der Waals surface area (Å²) in [6.45, 7) is 2.59. The lowest BCUT2D eigenvalue weighted by Gasteiger charge is -2.36. The first-order valence-electron chi connectivity index (χ1n) is 5.83. The monoisotopic (exact) mass is 224 g/mol. The molecule has 4 N–H and O–H groups in total. The molecule has 1 aromatic rings. The van der Waals surface area contributed by atoms with E-state index in [0.717, 1.165) is 37.2 Å². The van der Waals surface area contributed by atoms with Crippen LogP contribution in [0.2, 0.25) is 0 Å². The van der Waals surface area contributed by atoms with Crippen LogP contribution < -0.4 is 11.1 Å². The number of aromatic nitrogens is 2. The summed E-state index contributed by atoms with van der Waals surface area (Å²) >= 11 is 0. The molecule has 1 saturated carbocycles. The van der Waals surface area contributed by atoms with Crippen LogP contribution >= 0.6 is 0 Å². The molecule has 0 radical (unpaired) electrons. The smallest absolute Gasteiger partial charge is 0.147 e. The van der Waals surface area contributed by atoms with Gasteiger partial charge in [0.05, 0.1) is 17.0 Å². The molecule has 1 aliphatic carbocycles. The van der Waals surface area contributed by atoms with Crippen LogP contribution in [0.5, 0.6) is 0 Å². The highest BCUT2D eigenvalue weighted by atomic mass is 16.3. The van der Waals surface area contributed by atoms with Gasteiger partial charge in [-0.05, 0) is 25.7 Å². The van der Waals surface area contributed by atoms with Gasteiger partial charge in [0.25, 0.3) is 0 Å². The molecule has 2 rings (SSSR count). The molecule has 0 atom stereocenters. The van der Waals surface area contributed by atoms with Gasteiger partial charge in [-0.25, -0.2) is 0 Å². The van der Waals surface area contributed by atoms with Gasteiger partial charge in [0, 0.05) is 13.6 Å².